The third kappa shape index (κ3) is 2.76. The minimum Gasteiger partial charge on any atom is -0.508 e. The van der Waals surface area contributed by atoms with Crippen molar-refractivity contribution < 1.29 is 9.84 Å². The number of unbranched alkanes of at least 4 members (excludes halogenated alkanes) is 2. The standard InChI is InChI=1S/C20H28O2/c1-4-5-6-8-14-11-16(21)20-18(12-14)22-17-10-7-9-15(13(2)3)19(17)20/h11-12,15,17,19,21H,2,4-10H2,1,3H3. The van der Waals surface area contributed by atoms with E-state index in [2.05, 4.69) is 26.5 Å². The van der Waals surface area contributed by atoms with E-state index in [0.29, 0.717) is 17.6 Å². The van der Waals surface area contributed by atoms with Crippen LogP contribution in [-0.2, 0) is 6.42 Å². The normalized spacial score (nSPS) is 26.2. The van der Waals surface area contributed by atoms with Crippen LogP contribution in [0.2, 0.25) is 0 Å². The van der Waals surface area contributed by atoms with E-state index in [0.717, 1.165) is 30.6 Å². The highest BCUT2D eigenvalue weighted by Crippen LogP contribution is 2.53. The van der Waals surface area contributed by atoms with Crippen LogP contribution in [0.5, 0.6) is 11.5 Å². The fourth-order valence-electron chi connectivity index (χ4n) is 4.22. The predicted molar refractivity (Wildman–Crippen MR) is 90.6 cm³/mol. The van der Waals surface area contributed by atoms with Gasteiger partial charge in [0, 0.05) is 11.5 Å². The van der Waals surface area contributed by atoms with Gasteiger partial charge in [0.25, 0.3) is 0 Å². The average Bonchev–Trinajstić information content (AvgIpc) is 2.85. The highest BCUT2D eigenvalue weighted by atomic mass is 16.5. The van der Waals surface area contributed by atoms with Crippen LogP contribution < -0.4 is 4.74 Å². The van der Waals surface area contributed by atoms with E-state index in [9.17, 15) is 5.11 Å². The lowest BCUT2D eigenvalue weighted by atomic mass is 9.72. The summed E-state index contributed by atoms with van der Waals surface area (Å²) < 4.78 is 6.22. The second-order valence-corrected chi connectivity index (χ2v) is 7.05. The summed E-state index contributed by atoms with van der Waals surface area (Å²) in [4.78, 5) is 0. The van der Waals surface area contributed by atoms with Gasteiger partial charge in [0.15, 0.2) is 0 Å². The summed E-state index contributed by atoms with van der Waals surface area (Å²) >= 11 is 0. The second-order valence-electron chi connectivity index (χ2n) is 7.05. The summed E-state index contributed by atoms with van der Waals surface area (Å²) in [6.45, 7) is 8.50. The summed E-state index contributed by atoms with van der Waals surface area (Å²) in [5, 5.41) is 10.6. The van der Waals surface area contributed by atoms with Gasteiger partial charge in [-0.15, -0.1) is 0 Å². The van der Waals surface area contributed by atoms with Gasteiger partial charge in [0.1, 0.15) is 17.6 Å². The zero-order valence-corrected chi connectivity index (χ0v) is 13.9. The Morgan fingerprint density at radius 3 is 2.86 bits per heavy atom. The molecule has 0 spiro atoms. The molecule has 120 valence electrons. The Kier molecular flexibility index (Phi) is 4.46. The molecule has 1 aromatic carbocycles. The molecule has 0 aromatic heterocycles. The summed E-state index contributed by atoms with van der Waals surface area (Å²) in [5.41, 5.74) is 3.46. The fourth-order valence-corrected chi connectivity index (χ4v) is 4.22. The summed E-state index contributed by atoms with van der Waals surface area (Å²) in [6.07, 6.45) is 8.33. The molecular formula is C20H28O2. The van der Waals surface area contributed by atoms with Crippen LogP contribution in [0.3, 0.4) is 0 Å². The number of phenolic OH excluding ortho intramolecular Hbond substituents is 1. The van der Waals surface area contributed by atoms with Crippen molar-refractivity contribution in [3.05, 3.63) is 35.4 Å². The third-order valence-electron chi connectivity index (χ3n) is 5.33. The zero-order chi connectivity index (χ0) is 15.7. The molecule has 1 aromatic rings. The molecule has 0 saturated heterocycles. The molecule has 2 heteroatoms. The molecule has 2 aliphatic rings. The average molecular weight is 300 g/mol. The Morgan fingerprint density at radius 2 is 2.14 bits per heavy atom. The van der Waals surface area contributed by atoms with Crippen molar-refractivity contribution in [3.8, 4) is 11.5 Å². The SMILES string of the molecule is C=C(C)C1CCCC2Oc3cc(CCCCC)cc(O)c3C21. The summed E-state index contributed by atoms with van der Waals surface area (Å²) in [5.74, 6) is 2.10. The molecular weight excluding hydrogens is 272 g/mol. The molecule has 1 N–H and O–H groups in total. The topological polar surface area (TPSA) is 29.5 Å². The summed E-state index contributed by atoms with van der Waals surface area (Å²) in [6, 6.07) is 4.13. The molecule has 0 amide bonds. The molecule has 3 rings (SSSR count). The lowest BCUT2D eigenvalue weighted by Crippen LogP contribution is -2.30. The van der Waals surface area contributed by atoms with E-state index in [-0.39, 0.29) is 6.10 Å². The maximum absolute atomic E-state index is 10.6. The van der Waals surface area contributed by atoms with Crippen molar-refractivity contribution in [2.24, 2.45) is 5.92 Å². The Balaban J connectivity index is 1.89. The van der Waals surface area contributed by atoms with Gasteiger partial charge in [-0.25, -0.2) is 0 Å². The second kappa shape index (κ2) is 6.36. The molecule has 3 unspecified atom stereocenters. The number of hydrogen-bond acceptors (Lipinski definition) is 2. The quantitative estimate of drug-likeness (QED) is 0.587. The fraction of sp³-hybridized carbons (Fsp3) is 0.600. The first-order valence-electron chi connectivity index (χ1n) is 8.79. The van der Waals surface area contributed by atoms with Crippen molar-refractivity contribution in [2.45, 2.75) is 70.8 Å². The van der Waals surface area contributed by atoms with Crippen LogP contribution in [0.15, 0.2) is 24.3 Å². The number of ether oxygens (including phenoxy) is 1. The highest BCUT2D eigenvalue weighted by Gasteiger charge is 2.44. The summed E-state index contributed by atoms with van der Waals surface area (Å²) in [7, 11) is 0. The van der Waals surface area contributed by atoms with E-state index < -0.39 is 0 Å². The number of hydrogen-bond donors (Lipinski definition) is 1. The number of aromatic hydroxyl groups is 1. The van der Waals surface area contributed by atoms with Crippen molar-refractivity contribution in [2.75, 3.05) is 0 Å². The molecule has 2 nitrogen and oxygen atoms in total. The van der Waals surface area contributed by atoms with Crippen molar-refractivity contribution in [3.63, 3.8) is 0 Å². The Bertz CT molecular complexity index is 561. The number of aryl methyl sites for hydroxylation is 1. The Hall–Kier alpha value is -1.44. The minimum atomic E-state index is 0.224. The zero-order valence-electron chi connectivity index (χ0n) is 13.9. The van der Waals surface area contributed by atoms with E-state index in [4.69, 9.17) is 4.74 Å². The monoisotopic (exact) mass is 300 g/mol. The smallest absolute Gasteiger partial charge is 0.127 e. The molecule has 1 aliphatic heterocycles. The first-order valence-corrected chi connectivity index (χ1v) is 8.79. The van der Waals surface area contributed by atoms with Gasteiger partial charge in [0.2, 0.25) is 0 Å². The van der Waals surface area contributed by atoms with Crippen LogP contribution in [0.4, 0.5) is 0 Å². The maximum Gasteiger partial charge on any atom is 0.127 e. The molecule has 1 aliphatic carbocycles. The van der Waals surface area contributed by atoms with Crippen LogP contribution in [0.1, 0.15) is 69.4 Å². The van der Waals surface area contributed by atoms with Crippen LogP contribution in [-0.4, -0.2) is 11.2 Å². The van der Waals surface area contributed by atoms with E-state index in [1.807, 2.05) is 6.07 Å². The van der Waals surface area contributed by atoms with E-state index >= 15 is 0 Å². The lowest BCUT2D eigenvalue weighted by molar-refractivity contribution is 0.138. The van der Waals surface area contributed by atoms with E-state index in [1.54, 1.807) is 0 Å². The maximum atomic E-state index is 10.6. The first-order chi connectivity index (χ1) is 10.6. The largest absolute Gasteiger partial charge is 0.508 e. The Morgan fingerprint density at radius 1 is 1.32 bits per heavy atom. The molecule has 1 fully saturated rings. The van der Waals surface area contributed by atoms with Crippen molar-refractivity contribution in [1.29, 1.82) is 0 Å². The number of fused-ring (bicyclic) bond motifs is 3. The van der Waals surface area contributed by atoms with Gasteiger partial charge in [0.05, 0.1) is 0 Å². The first kappa shape index (κ1) is 15.5. The molecule has 3 atom stereocenters. The Labute approximate surface area is 134 Å². The highest BCUT2D eigenvalue weighted by molar-refractivity contribution is 5.53. The molecule has 1 saturated carbocycles. The van der Waals surface area contributed by atoms with Gasteiger partial charge in [-0.2, -0.15) is 0 Å². The number of rotatable bonds is 5. The van der Waals surface area contributed by atoms with Gasteiger partial charge in [-0.3, -0.25) is 0 Å². The van der Waals surface area contributed by atoms with Crippen LogP contribution >= 0.6 is 0 Å². The number of benzene rings is 1. The molecule has 0 bridgehead atoms. The van der Waals surface area contributed by atoms with Gasteiger partial charge < -0.3 is 9.84 Å². The number of phenols is 1. The molecule has 22 heavy (non-hydrogen) atoms. The van der Waals surface area contributed by atoms with Crippen molar-refractivity contribution in [1.82, 2.24) is 0 Å². The van der Waals surface area contributed by atoms with Gasteiger partial charge >= 0.3 is 0 Å². The van der Waals surface area contributed by atoms with E-state index in [1.165, 1.54) is 36.8 Å². The molecule has 0 radical (unpaired) electrons. The third-order valence-corrected chi connectivity index (χ3v) is 5.33. The predicted octanol–water partition coefficient (Wildman–Crippen LogP) is 5.35. The van der Waals surface area contributed by atoms with Gasteiger partial charge in [-0.05, 0) is 62.6 Å². The minimum absolute atomic E-state index is 0.224. The van der Waals surface area contributed by atoms with Crippen LogP contribution in [0, 0.1) is 5.92 Å². The lowest BCUT2D eigenvalue weighted by Gasteiger charge is -2.33. The van der Waals surface area contributed by atoms with Crippen LogP contribution in [0.25, 0.3) is 0 Å². The van der Waals surface area contributed by atoms with Crippen molar-refractivity contribution >= 4 is 0 Å². The molecule has 1 heterocycles. The number of allylic oxidation sites excluding steroid dienone is 1. The van der Waals surface area contributed by atoms with Gasteiger partial charge in [-0.1, -0.05) is 31.9 Å².